The molecule has 2 unspecified atom stereocenters. The Labute approximate surface area is 201 Å². The van der Waals surface area contributed by atoms with E-state index >= 15 is 0 Å². The van der Waals surface area contributed by atoms with E-state index < -0.39 is 0 Å². The van der Waals surface area contributed by atoms with Gasteiger partial charge in [0.1, 0.15) is 0 Å². The molecule has 1 fully saturated rings. The van der Waals surface area contributed by atoms with Gasteiger partial charge in [-0.05, 0) is 58.5 Å². The van der Waals surface area contributed by atoms with Crippen LogP contribution in [0.4, 0.5) is 0 Å². The largest absolute Gasteiger partial charge is 0.307 e. The molecule has 1 saturated carbocycles. The fourth-order valence-corrected chi connectivity index (χ4v) is 4.21. The van der Waals surface area contributed by atoms with Gasteiger partial charge in [-0.2, -0.15) is 0 Å². The summed E-state index contributed by atoms with van der Waals surface area (Å²) < 4.78 is 2.02. The Bertz CT molecular complexity index is 1110. The van der Waals surface area contributed by atoms with Crippen LogP contribution in [0.5, 0.6) is 0 Å². The fourth-order valence-electron chi connectivity index (χ4n) is 4.04. The maximum atomic E-state index is 13.5. The van der Waals surface area contributed by atoms with E-state index in [1.165, 1.54) is 19.3 Å². The molecule has 0 amide bonds. The normalized spacial score (nSPS) is 15.6. The number of ketones is 1. The van der Waals surface area contributed by atoms with Crippen LogP contribution in [0.1, 0.15) is 66.7 Å². The summed E-state index contributed by atoms with van der Waals surface area (Å²) in [4.78, 5) is 15.6. The van der Waals surface area contributed by atoms with Gasteiger partial charge in [-0.3, -0.25) is 14.3 Å². The van der Waals surface area contributed by atoms with Gasteiger partial charge in [0.2, 0.25) is 0 Å². The average molecular weight is 466 g/mol. The fraction of sp³-hybridized carbons (Fsp3) is 0.423. The Morgan fingerprint density at radius 3 is 2.55 bits per heavy atom. The van der Waals surface area contributed by atoms with Gasteiger partial charge >= 0.3 is 0 Å². The number of benzene rings is 2. The molecule has 0 radical (unpaired) electrons. The van der Waals surface area contributed by atoms with Gasteiger partial charge in [-0.15, -0.1) is 10.2 Å². The topological polar surface area (TPSA) is 63.1 Å². The van der Waals surface area contributed by atoms with Crippen molar-refractivity contribution >= 4 is 17.4 Å². The molecule has 1 heterocycles. The molecule has 3 aromatic rings. The van der Waals surface area contributed by atoms with E-state index in [4.69, 9.17) is 11.6 Å². The smallest absolute Gasteiger partial charge is 0.195 e. The first kappa shape index (κ1) is 23.6. The van der Waals surface area contributed by atoms with Crippen molar-refractivity contribution in [1.82, 2.24) is 25.0 Å². The molecule has 1 aliphatic carbocycles. The zero-order valence-electron chi connectivity index (χ0n) is 19.8. The van der Waals surface area contributed by atoms with Gasteiger partial charge < -0.3 is 5.32 Å². The molecular weight excluding hydrogens is 434 g/mol. The number of rotatable bonds is 10. The highest BCUT2D eigenvalue weighted by Gasteiger charge is 2.26. The molecule has 0 saturated heterocycles. The lowest BCUT2D eigenvalue weighted by Gasteiger charge is -2.22. The molecule has 6 nitrogen and oxygen atoms in total. The van der Waals surface area contributed by atoms with Gasteiger partial charge in [-0.25, -0.2) is 0 Å². The van der Waals surface area contributed by atoms with Gasteiger partial charge in [0, 0.05) is 22.2 Å². The van der Waals surface area contributed by atoms with Crippen LogP contribution in [0.25, 0.3) is 5.69 Å². The van der Waals surface area contributed by atoms with E-state index in [-0.39, 0.29) is 11.8 Å². The summed E-state index contributed by atoms with van der Waals surface area (Å²) >= 11 is 6.35. The van der Waals surface area contributed by atoms with Crippen LogP contribution < -0.4 is 5.32 Å². The van der Waals surface area contributed by atoms with Gasteiger partial charge in [0.25, 0.3) is 0 Å². The van der Waals surface area contributed by atoms with E-state index in [0.717, 1.165) is 23.3 Å². The summed E-state index contributed by atoms with van der Waals surface area (Å²) in [6.45, 7) is 4.87. The zero-order valence-corrected chi connectivity index (χ0v) is 20.5. The first-order valence-corrected chi connectivity index (χ1v) is 12.0. The quantitative estimate of drug-likeness (QED) is 0.424. The lowest BCUT2D eigenvalue weighted by Crippen LogP contribution is -2.28. The van der Waals surface area contributed by atoms with Crippen molar-refractivity contribution in [2.75, 3.05) is 14.1 Å². The average Bonchev–Trinajstić information content (AvgIpc) is 3.53. The Morgan fingerprint density at radius 2 is 1.88 bits per heavy atom. The number of hydrogen-bond donors (Lipinski definition) is 1. The van der Waals surface area contributed by atoms with E-state index in [0.29, 0.717) is 28.7 Å². The number of carbonyl (C=O) groups is 1. The van der Waals surface area contributed by atoms with Crippen LogP contribution >= 0.6 is 11.6 Å². The zero-order chi connectivity index (χ0) is 23.5. The first-order chi connectivity index (χ1) is 15.8. The third-order valence-corrected chi connectivity index (χ3v) is 6.61. The van der Waals surface area contributed by atoms with Crippen LogP contribution in [-0.2, 0) is 6.54 Å². The molecular formula is C26H32ClN5O. The SMILES string of the molecule is CC(CC1CC1)NCc1nnc(C(C)N(C)C)n1-c1ccc(Cl)cc1C(=O)c1ccccc1. The summed E-state index contributed by atoms with van der Waals surface area (Å²) in [5.41, 5.74) is 1.90. The third kappa shape index (κ3) is 5.52. The van der Waals surface area contributed by atoms with Crippen molar-refractivity contribution < 1.29 is 4.79 Å². The summed E-state index contributed by atoms with van der Waals surface area (Å²) in [6, 6.07) is 15.1. The lowest BCUT2D eigenvalue weighted by molar-refractivity contribution is 0.103. The number of nitrogens with one attached hydrogen (secondary N) is 1. The first-order valence-electron chi connectivity index (χ1n) is 11.6. The summed E-state index contributed by atoms with van der Waals surface area (Å²) in [6.07, 6.45) is 3.85. The second-order valence-electron chi connectivity index (χ2n) is 9.27. The van der Waals surface area contributed by atoms with E-state index in [1.807, 2.05) is 61.1 Å². The standard InChI is InChI=1S/C26H32ClN5O/c1-17(14-19-10-11-19)28-16-24-29-30-26(18(2)31(3)4)32(24)23-13-12-21(27)15-22(23)25(33)20-8-6-5-7-9-20/h5-9,12-13,15,17-19,28H,10-11,14,16H2,1-4H3. The van der Waals surface area contributed by atoms with E-state index in [2.05, 4.69) is 34.3 Å². The summed E-state index contributed by atoms with van der Waals surface area (Å²) in [7, 11) is 4.02. The van der Waals surface area contributed by atoms with Crippen molar-refractivity contribution in [3.8, 4) is 5.69 Å². The molecule has 2 atom stereocenters. The van der Waals surface area contributed by atoms with Crippen LogP contribution in [0.15, 0.2) is 48.5 Å². The van der Waals surface area contributed by atoms with Crippen molar-refractivity contribution in [3.05, 3.63) is 76.3 Å². The Kier molecular flexibility index (Phi) is 7.27. The molecule has 0 spiro atoms. The monoisotopic (exact) mass is 465 g/mol. The number of carbonyl (C=O) groups excluding carboxylic acids is 1. The maximum Gasteiger partial charge on any atom is 0.195 e. The molecule has 1 N–H and O–H groups in total. The Morgan fingerprint density at radius 1 is 1.15 bits per heavy atom. The Balaban J connectivity index is 1.76. The summed E-state index contributed by atoms with van der Waals surface area (Å²) in [5.74, 6) is 2.34. The second kappa shape index (κ2) is 10.2. The van der Waals surface area contributed by atoms with Crippen LogP contribution in [0.3, 0.4) is 0 Å². The highest BCUT2D eigenvalue weighted by Crippen LogP contribution is 2.33. The molecule has 1 aliphatic rings. The predicted molar refractivity (Wildman–Crippen MR) is 132 cm³/mol. The van der Waals surface area contributed by atoms with Crippen molar-refractivity contribution in [2.24, 2.45) is 5.92 Å². The van der Waals surface area contributed by atoms with Gasteiger partial charge in [0.05, 0.1) is 18.3 Å². The highest BCUT2D eigenvalue weighted by atomic mass is 35.5. The molecule has 174 valence electrons. The van der Waals surface area contributed by atoms with Crippen LogP contribution in [0.2, 0.25) is 5.02 Å². The van der Waals surface area contributed by atoms with Crippen LogP contribution in [-0.4, -0.2) is 45.6 Å². The van der Waals surface area contributed by atoms with Crippen molar-refractivity contribution in [1.29, 1.82) is 0 Å². The number of halogens is 1. The maximum absolute atomic E-state index is 13.5. The van der Waals surface area contributed by atoms with Gasteiger partial charge in [-0.1, -0.05) is 54.8 Å². The molecule has 7 heteroatoms. The second-order valence-corrected chi connectivity index (χ2v) is 9.70. The highest BCUT2D eigenvalue weighted by molar-refractivity contribution is 6.31. The molecule has 33 heavy (non-hydrogen) atoms. The van der Waals surface area contributed by atoms with Crippen LogP contribution in [0, 0.1) is 5.92 Å². The number of nitrogens with zero attached hydrogens (tertiary/aromatic N) is 4. The minimum absolute atomic E-state index is 0.00509. The minimum atomic E-state index is -0.0775. The molecule has 0 aliphatic heterocycles. The third-order valence-electron chi connectivity index (χ3n) is 6.38. The minimum Gasteiger partial charge on any atom is -0.307 e. The van der Waals surface area contributed by atoms with Crippen molar-refractivity contribution in [3.63, 3.8) is 0 Å². The predicted octanol–water partition coefficient (Wildman–Crippen LogP) is 5.05. The molecule has 2 aromatic carbocycles. The lowest BCUT2D eigenvalue weighted by atomic mass is 10.0. The molecule has 0 bridgehead atoms. The Hall–Kier alpha value is -2.54. The molecule has 4 rings (SSSR count). The molecule has 1 aromatic heterocycles. The number of hydrogen-bond acceptors (Lipinski definition) is 5. The summed E-state index contributed by atoms with van der Waals surface area (Å²) in [5, 5.41) is 13.2. The van der Waals surface area contributed by atoms with Crippen molar-refractivity contribution in [2.45, 2.75) is 51.7 Å². The van der Waals surface area contributed by atoms with E-state index in [1.54, 1.807) is 6.07 Å². The van der Waals surface area contributed by atoms with Gasteiger partial charge in [0.15, 0.2) is 17.4 Å². The number of aromatic nitrogens is 3. The van der Waals surface area contributed by atoms with E-state index in [9.17, 15) is 4.79 Å².